The van der Waals surface area contributed by atoms with Gasteiger partial charge in [-0.3, -0.25) is 0 Å². The summed E-state index contributed by atoms with van der Waals surface area (Å²) in [6.07, 6.45) is 2.41. The summed E-state index contributed by atoms with van der Waals surface area (Å²) in [4.78, 5) is 2.39. The van der Waals surface area contributed by atoms with Crippen LogP contribution in [0.3, 0.4) is 0 Å². The molecule has 0 aromatic heterocycles. The van der Waals surface area contributed by atoms with Crippen molar-refractivity contribution in [2.45, 2.75) is 26.7 Å². The van der Waals surface area contributed by atoms with Crippen LogP contribution in [0.15, 0.2) is 42.5 Å². The van der Waals surface area contributed by atoms with Gasteiger partial charge in [-0.1, -0.05) is 18.2 Å². The molecule has 0 bridgehead atoms. The van der Waals surface area contributed by atoms with Crippen molar-refractivity contribution in [2.24, 2.45) is 0 Å². The van der Waals surface area contributed by atoms with Gasteiger partial charge in [0, 0.05) is 30.2 Å². The Morgan fingerprint density at radius 1 is 1.15 bits per heavy atom. The largest absolute Gasteiger partial charge is 0.385 e. The maximum atomic E-state index is 3.48. The number of hydrogen-bond acceptors (Lipinski definition) is 2. The summed E-state index contributed by atoms with van der Waals surface area (Å²) in [6.45, 7) is 6.47. The molecule has 0 atom stereocenters. The molecule has 0 radical (unpaired) electrons. The van der Waals surface area contributed by atoms with Crippen molar-refractivity contribution in [2.75, 3.05) is 23.3 Å². The Kier molecular flexibility index (Phi) is 3.64. The molecule has 3 rings (SSSR count). The number of hydrogen-bond donors (Lipinski definition) is 1. The number of para-hydroxylation sites is 1. The summed E-state index contributed by atoms with van der Waals surface area (Å²) in [6, 6.07) is 15.4. The molecule has 0 unspecified atom stereocenters. The number of nitrogens with one attached hydrogen (secondary N) is 1. The minimum Gasteiger partial charge on any atom is -0.385 e. The van der Waals surface area contributed by atoms with E-state index in [1.54, 1.807) is 0 Å². The Labute approximate surface area is 121 Å². The molecule has 0 saturated carbocycles. The van der Waals surface area contributed by atoms with Crippen LogP contribution in [0.1, 0.15) is 24.5 Å². The van der Waals surface area contributed by atoms with Crippen molar-refractivity contribution >= 4 is 17.1 Å². The van der Waals surface area contributed by atoms with E-state index < -0.39 is 0 Å². The van der Waals surface area contributed by atoms with Crippen LogP contribution in [0.4, 0.5) is 17.1 Å². The molecule has 1 heterocycles. The van der Waals surface area contributed by atoms with E-state index in [0.717, 1.165) is 13.1 Å². The highest BCUT2D eigenvalue weighted by Crippen LogP contribution is 2.32. The average Bonchev–Trinajstić information content (AvgIpc) is 2.50. The minimum absolute atomic E-state index is 0.983. The van der Waals surface area contributed by atoms with E-state index in [2.05, 4.69) is 66.5 Å². The number of aryl methyl sites for hydroxylation is 2. The van der Waals surface area contributed by atoms with Crippen LogP contribution in [0.5, 0.6) is 0 Å². The van der Waals surface area contributed by atoms with Crippen LogP contribution in [-0.4, -0.2) is 13.1 Å². The normalized spacial score (nSPS) is 13.5. The van der Waals surface area contributed by atoms with E-state index in [4.69, 9.17) is 0 Å². The van der Waals surface area contributed by atoms with Gasteiger partial charge in [-0.2, -0.15) is 0 Å². The van der Waals surface area contributed by atoms with Crippen LogP contribution >= 0.6 is 0 Å². The topological polar surface area (TPSA) is 15.3 Å². The lowest BCUT2D eigenvalue weighted by molar-refractivity contribution is 0.829. The lowest BCUT2D eigenvalue weighted by Crippen LogP contribution is -2.18. The second kappa shape index (κ2) is 5.58. The Hall–Kier alpha value is -1.96. The molecule has 20 heavy (non-hydrogen) atoms. The van der Waals surface area contributed by atoms with Crippen molar-refractivity contribution in [3.63, 3.8) is 0 Å². The van der Waals surface area contributed by atoms with Crippen LogP contribution < -0.4 is 10.2 Å². The number of anilines is 3. The molecule has 1 N–H and O–H groups in total. The first-order chi connectivity index (χ1) is 9.79. The van der Waals surface area contributed by atoms with Gasteiger partial charge in [0.1, 0.15) is 0 Å². The molecule has 1 aliphatic heterocycles. The van der Waals surface area contributed by atoms with Crippen molar-refractivity contribution < 1.29 is 0 Å². The lowest BCUT2D eigenvalue weighted by Gasteiger charge is -2.27. The highest BCUT2D eigenvalue weighted by atomic mass is 15.1. The summed E-state index contributed by atoms with van der Waals surface area (Å²) in [5.74, 6) is 0. The van der Waals surface area contributed by atoms with E-state index in [1.165, 1.54) is 41.0 Å². The molecular formula is C18H22N2. The Balaban J connectivity index is 1.99. The fraction of sp³-hybridized carbons (Fsp3) is 0.333. The van der Waals surface area contributed by atoms with Gasteiger partial charge in [0.15, 0.2) is 0 Å². The van der Waals surface area contributed by atoms with E-state index in [1.807, 2.05) is 0 Å². The van der Waals surface area contributed by atoms with Crippen molar-refractivity contribution in [3.8, 4) is 0 Å². The number of benzene rings is 2. The number of fused-ring (bicyclic) bond motifs is 1. The molecule has 0 saturated heterocycles. The van der Waals surface area contributed by atoms with E-state index in [-0.39, 0.29) is 0 Å². The molecule has 0 amide bonds. The van der Waals surface area contributed by atoms with E-state index in [9.17, 15) is 0 Å². The summed E-state index contributed by atoms with van der Waals surface area (Å²) in [7, 11) is 0. The summed E-state index contributed by atoms with van der Waals surface area (Å²) >= 11 is 0. The number of rotatable bonds is 3. The van der Waals surface area contributed by atoms with E-state index >= 15 is 0 Å². The molecule has 0 fully saturated rings. The van der Waals surface area contributed by atoms with Crippen LogP contribution in [-0.2, 0) is 6.42 Å². The Bertz CT molecular complexity index is 604. The zero-order chi connectivity index (χ0) is 13.9. The third-order valence-corrected chi connectivity index (χ3v) is 4.06. The maximum absolute atomic E-state index is 3.48. The first kappa shape index (κ1) is 13.0. The summed E-state index contributed by atoms with van der Waals surface area (Å²) in [5.41, 5.74) is 6.68. The molecule has 2 aromatic rings. The Morgan fingerprint density at radius 2 is 2.00 bits per heavy atom. The molecule has 2 nitrogen and oxygen atoms in total. The van der Waals surface area contributed by atoms with Crippen molar-refractivity contribution in [1.82, 2.24) is 0 Å². The zero-order valence-corrected chi connectivity index (χ0v) is 12.3. The van der Waals surface area contributed by atoms with Crippen LogP contribution in [0.2, 0.25) is 0 Å². The third kappa shape index (κ3) is 2.38. The second-order valence-corrected chi connectivity index (χ2v) is 5.40. The van der Waals surface area contributed by atoms with Gasteiger partial charge in [0.2, 0.25) is 0 Å². The fourth-order valence-corrected chi connectivity index (χ4v) is 2.99. The fourth-order valence-electron chi connectivity index (χ4n) is 2.99. The SMILES string of the molecule is CCN(c1ccc2c(c1)CCCN2)c1ccccc1C. The minimum atomic E-state index is 0.983. The molecular weight excluding hydrogens is 244 g/mol. The average molecular weight is 266 g/mol. The summed E-state index contributed by atoms with van der Waals surface area (Å²) < 4.78 is 0. The smallest absolute Gasteiger partial charge is 0.0440 e. The zero-order valence-electron chi connectivity index (χ0n) is 12.3. The summed E-state index contributed by atoms with van der Waals surface area (Å²) in [5, 5.41) is 3.48. The predicted octanol–water partition coefficient (Wildman–Crippen LogP) is 4.51. The monoisotopic (exact) mass is 266 g/mol. The molecule has 0 aliphatic carbocycles. The van der Waals surface area contributed by atoms with E-state index in [0.29, 0.717) is 0 Å². The molecule has 2 aromatic carbocycles. The molecule has 1 aliphatic rings. The van der Waals surface area contributed by atoms with Crippen molar-refractivity contribution in [1.29, 1.82) is 0 Å². The highest BCUT2D eigenvalue weighted by molar-refractivity contribution is 5.70. The molecule has 2 heteroatoms. The van der Waals surface area contributed by atoms with Gasteiger partial charge >= 0.3 is 0 Å². The van der Waals surface area contributed by atoms with Crippen molar-refractivity contribution in [3.05, 3.63) is 53.6 Å². The predicted molar refractivity (Wildman–Crippen MR) is 87.1 cm³/mol. The highest BCUT2D eigenvalue weighted by Gasteiger charge is 2.13. The first-order valence-electron chi connectivity index (χ1n) is 7.49. The van der Waals surface area contributed by atoms with Gasteiger partial charge in [-0.05, 0) is 62.1 Å². The van der Waals surface area contributed by atoms with Crippen LogP contribution in [0, 0.1) is 6.92 Å². The first-order valence-corrected chi connectivity index (χ1v) is 7.49. The standard InChI is InChI=1S/C18H22N2/c1-3-20(18-9-5-4-7-14(18)2)16-10-11-17-15(13-16)8-6-12-19-17/h4-5,7,9-11,13,19H,3,6,8,12H2,1-2H3. The van der Waals surface area contributed by atoms with Gasteiger partial charge in [-0.25, -0.2) is 0 Å². The number of nitrogens with zero attached hydrogens (tertiary/aromatic N) is 1. The van der Waals surface area contributed by atoms with Crippen LogP contribution in [0.25, 0.3) is 0 Å². The quantitative estimate of drug-likeness (QED) is 0.879. The second-order valence-electron chi connectivity index (χ2n) is 5.40. The van der Waals surface area contributed by atoms with Gasteiger partial charge in [-0.15, -0.1) is 0 Å². The molecule has 104 valence electrons. The molecule has 0 spiro atoms. The third-order valence-electron chi connectivity index (χ3n) is 4.06. The Morgan fingerprint density at radius 3 is 2.80 bits per heavy atom. The van der Waals surface area contributed by atoms with Gasteiger partial charge in [0.25, 0.3) is 0 Å². The maximum Gasteiger partial charge on any atom is 0.0440 e. The van der Waals surface area contributed by atoms with Gasteiger partial charge < -0.3 is 10.2 Å². The van der Waals surface area contributed by atoms with Gasteiger partial charge in [0.05, 0.1) is 0 Å². The lowest BCUT2D eigenvalue weighted by atomic mass is 10.0.